The Kier molecular flexibility index (Phi) is 11.2. The zero-order valence-corrected chi connectivity index (χ0v) is 38.2. The quantitative estimate of drug-likeness (QED) is 0.173. The number of ether oxygens (including phenoxy) is 2. The zero-order valence-electron chi connectivity index (χ0n) is 37.4. The minimum absolute atomic E-state index is 0.0884. The summed E-state index contributed by atoms with van der Waals surface area (Å²) in [4.78, 5) is 93.6. The molecule has 5 fully saturated rings. The van der Waals surface area contributed by atoms with E-state index in [1.54, 1.807) is 22.9 Å². The highest BCUT2D eigenvalue weighted by Gasteiger charge is 2.55. The number of hydrogen-bond donors (Lipinski definition) is 3. The number of likely N-dealkylation sites (tertiary alicyclic amines) is 1. The molecule has 3 N–H and O–H groups in total. The van der Waals surface area contributed by atoms with Gasteiger partial charge in [-0.15, -0.1) is 0 Å². The number of fused-ring (bicyclic) bond motifs is 2. The Labute approximate surface area is 385 Å². The molecule has 6 aliphatic rings. The van der Waals surface area contributed by atoms with Gasteiger partial charge in [0.25, 0.3) is 23.3 Å². The summed E-state index contributed by atoms with van der Waals surface area (Å²) in [6, 6.07) is 10.3. The van der Waals surface area contributed by atoms with Crippen molar-refractivity contribution in [1.29, 1.82) is 0 Å². The average Bonchev–Trinajstić information content (AvgIpc) is 3.50. The van der Waals surface area contributed by atoms with Crippen LogP contribution in [0, 0.1) is 12.3 Å². The second-order valence-corrected chi connectivity index (χ2v) is 19.3. The summed E-state index contributed by atoms with van der Waals surface area (Å²) in [5, 5.41) is 9.21. The molecule has 18 nitrogen and oxygen atoms in total. The number of halogens is 1. The number of nitrogens with zero attached hydrogens (tertiary/aromatic N) is 7. The summed E-state index contributed by atoms with van der Waals surface area (Å²) in [6.45, 7) is 10.8. The van der Waals surface area contributed by atoms with Gasteiger partial charge in [-0.25, -0.2) is 4.98 Å². The van der Waals surface area contributed by atoms with Crippen molar-refractivity contribution in [2.75, 3.05) is 68.0 Å². The molecule has 0 radical (unpaired) electrons. The van der Waals surface area contributed by atoms with E-state index in [0.29, 0.717) is 39.6 Å². The number of likely N-dealkylation sites (N-methyl/N-ethyl adjacent to an activating group) is 1. The second kappa shape index (κ2) is 17.0. The molecule has 7 heterocycles. The number of anilines is 4. The molecular weight excluding hydrogens is 868 g/mol. The maximum absolute atomic E-state index is 13.6. The van der Waals surface area contributed by atoms with E-state index in [4.69, 9.17) is 26.1 Å². The van der Waals surface area contributed by atoms with Gasteiger partial charge >= 0.3 is 0 Å². The van der Waals surface area contributed by atoms with Gasteiger partial charge in [0.15, 0.2) is 18.2 Å². The normalized spacial score (nSPS) is 22.9. The fourth-order valence-corrected chi connectivity index (χ4v) is 10.8. The molecule has 10 rings (SSSR count). The van der Waals surface area contributed by atoms with E-state index in [0.717, 1.165) is 92.0 Å². The first-order chi connectivity index (χ1) is 31.7. The third kappa shape index (κ3) is 7.81. The van der Waals surface area contributed by atoms with Crippen molar-refractivity contribution in [3.8, 4) is 5.75 Å². The average molecular weight is 921 g/mol. The number of carbonyl (C=O) groups excluding carboxylic acids is 5. The molecule has 66 heavy (non-hydrogen) atoms. The molecule has 1 spiro atoms. The van der Waals surface area contributed by atoms with Crippen LogP contribution < -0.4 is 36.0 Å². The van der Waals surface area contributed by atoms with E-state index in [1.807, 2.05) is 45.0 Å². The number of pyridine rings is 1. The van der Waals surface area contributed by atoms with Crippen LogP contribution in [0.3, 0.4) is 0 Å². The highest BCUT2D eigenvalue weighted by molar-refractivity contribution is 6.33. The number of amides is 5. The first kappa shape index (κ1) is 43.8. The molecule has 5 aliphatic heterocycles. The molecule has 1 unspecified atom stereocenters. The molecule has 346 valence electrons. The van der Waals surface area contributed by atoms with Crippen molar-refractivity contribution >= 4 is 75.2 Å². The molecular formula is C47H53ClN10O8. The lowest BCUT2D eigenvalue weighted by molar-refractivity contribution is -0.136. The lowest BCUT2D eigenvalue weighted by Gasteiger charge is -2.64. The van der Waals surface area contributed by atoms with Crippen LogP contribution in [0.5, 0.6) is 5.75 Å². The van der Waals surface area contributed by atoms with Crippen LogP contribution in [-0.4, -0.2) is 131 Å². The van der Waals surface area contributed by atoms with Crippen LogP contribution in [0.1, 0.15) is 84.7 Å². The number of aromatic nitrogens is 3. The Hall–Kier alpha value is -6.11. The summed E-state index contributed by atoms with van der Waals surface area (Å²) in [5.41, 5.74) is 3.70. The van der Waals surface area contributed by atoms with Crippen LogP contribution in [0.25, 0.3) is 10.9 Å². The monoisotopic (exact) mass is 920 g/mol. The second-order valence-electron chi connectivity index (χ2n) is 18.9. The predicted molar refractivity (Wildman–Crippen MR) is 246 cm³/mol. The Balaban J connectivity index is 0.687. The van der Waals surface area contributed by atoms with E-state index in [9.17, 15) is 28.8 Å². The van der Waals surface area contributed by atoms with Crippen LogP contribution in [0.2, 0.25) is 5.02 Å². The van der Waals surface area contributed by atoms with Crippen LogP contribution in [0.15, 0.2) is 47.4 Å². The van der Waals surface area contributed by atoms with Crippen LogP contribution >= 0.6 is 11.6 Å². The van der Waals surface area contributed by atoms with Crippen LogP contribution in [-0.2, 0) is 19.1 Å². The van der Waals surface area contributed by atoms with Gasteiger partial charge in [-0.2, -0.15) is 4.98 Å². The number of carbonyl (C=O) groups is 5. The molecule has 2 aromatic heterocycles. The van der Waals surface area contributed by atoms with Gasteiger partial charge in [0.1, 0.15) is 11.1 Å². The maximum Gasteiger partial charge on any atom is 0.293 e. The standard InChI is InChI=1S/C47H53ClN10O8/c1-25(2)57-35-7-5-28(15-27(35)16-37(44(57)63)65-20-39(60)49-4)51-41-33(48)19-50-46(53-41)54-13-11-30(12-14-54)66-31-17-29(18-31)55-21-47(22-55)23-56(24-47)34-8-6-32-40(26(34)3)45(64)58(43(32)62)36-9-10-38(59)52-42(36)61/h5-8,15-16,19,25,29-31,36H,9-14,17-18,20-24H2,1-4H3,(H,49,60)(H,50,51,53)(H,52,59,61)/t29-,31-,36?. The zero-order chi connectivity index (χ0) is 46.2. The van der Waals surface area contributed by atoms with Crippen molar-refractivity contribution in [3.05, 3.63) is 74.7 Å². The first-order valence-electron chi connectivity index (χ1n) is 22.8. The van der Waals surface area contributed by atoms with Crippen molar-refractivity contribution in [2.45, 2.75) is 89.6 Å². The third-order valence-electron chi connectivity index (χ3n) is 14.2. The molecule has 2 aromatic carbocycles. The van der Waals surface area contributed by atoms with Crippen molar-refractivity contribution in [2.24, 2.45) is 5.41 Å². The third-order valence-corrected chi connectivity index (χ3v) is 14.4. The summed E-state index contributed by atoms with van der Waals surface area (Å²) < 4.78 is 13.9. The number of nitrogens with one attached hydrogen (secondary N) is 3. The summed E-state index contributed by atoms with van der Waals surface area (Å²) in [7, 11) is 1.51. The van der Waals surface area contributed by atoms with Gasteiger partial charge in [-0.05, 0) is 94.8 Å². The first-order valence-corrected chi connectivity index (χ1v) is 23.1. The van der Waals surface area contributed by atoms with E-state index in [1.165, 1.54) is 7.05 Å². The minimum atomic E-state index is -0.980. The smallest absolute Gasteiger partial charge is 0.293 e. The molecule has 1 atom stereocenters. The van der Waals surface area contributed by atoms with Gasteiger partial charge in [0.2, 0.25) is 17.8 Å². The fraction of sp³-hybridized carbons (Fsp3) is 0.489. The van der Waals surface area contributed by atoms with E-state index >= 15 is 0 Å². The highest BCUT2D eigenvalue weighted by atomic mass is 35.5. The van der Waals surface area contributed by atoms with E-state index in [2.05, 4.69) is 35.6 Å². The molecule has 1 saturated carbocycles. The molecule has 4 aromatic rings. The van der Waals surface area contributed by atoms with Crippen molar-refractivity contribution in [3.63, 3.8) is 0 Å². The van der Waals surface area contributed by atoms with E-state index in [-0.39, 0.29) is 60.3 Å². The maximum atomic E-state index is 13.6. The number of benzene rings is 2. The Morgan fingerprint density at radius 2 is 1.71 bits per heavy atom. The Bertz CT molecular complexity index is 2730. The lowest BCUT2D eigenvalue weighted by atomic mass is 9.69. The summed E-state index contributed by atoms with van der Waals surface area (Å²) >= 11 is 6.60. The predicted octanol–water partition coefficient (Wildman–Crippen LogP) is 3.94. The van der Waals surface area contributed by atoms with Crippen molar-refractivity contribution < 1.29 is 33.4 Å². The summed E-state index contributed by atoms with van der Waals surface area (Å²) in [5.74, 6) is -1.16. The Morgan fingerprint density at radius 3 is 2.42 bits per heavy atom. The van der Waals surface area contributed by atoms with Crippen LogP contribution in [0.4, 0.5) is 23.1 Å². The number of rotatable bonds is 12. The van der Waals surface area contributed by atoms with Gasteiger partial charge in [0.05, 0.1) is 35.0 Å². The fourth-order valence-electron chi connectivity index (χ4n) is 10.6. The molecule has 19 heteroatoms. The lowest BCUT2D eigenvalue weighted by Crippen LogP contribution is -2.75. The molecule has 5 amide bonds. The molecule has 0 bridgehead atoms. The van der Waals surface area contributed by atoms with E-state index < -0.39 is 29.7 Å². The number of piperidine rings is 2. The molecule has 4 saturated heterocycles. The topological polar surface area (TPSA) is 201 Å². The number of hydrogen-bond acceptors (Lipinski definition) is 14. The van der Waals surface area contributed by atoms with Gasteiger partial charge in [-0.3, -0.25) is 43.9 Å². The SMILES string of the molecule is CNC(=O)COc1cc2cc(Nc3nc(N4CCC(O[C@H]5C[C@H](N6CC7(CN(c8ccc9c(c8C)C(=O)N(C8CCC(=O)NC8=O)C9=O)C7)C6)C5)CC4)ncc3Cl)ccc2n(C(C)C)c1=O. The van der Waals surface area contributed by atoms with Gasteiger partial charge in [0, 0.05) is 87.0 Å². The largest absolute Gasteiger partial charge is 0.478 e. The Morgan fingerprint density at radius 1 is 0.955 bits per heavy atom. The van der Waals surface area contributed by atoms with Gasteiger partial charge in [-0.1, -0.05) is 11.6 Å². The highest BCUT2D eigenvalue weighted by Crippen LogP contribution is 2.47. The van der Waals surface area contributed by atoms with Gasteiger partial charge < -0.3 is 34.5 Å². The minimum Gasteiger partial charge on any atom is -0.478 e. The summed E-state index contributed by atoms with van der Waals surface area (Å²) in [6.07, 6.45) is 6.00. The van der Waals surface area contributed by atoms with Crippen molar-refractivity contribution in [1.82, 2.24) is 35.0 Å². The number of imide groups is 2. The molecule has 1 aliphatic carbocycles.